The van der Waals surface area contributed by atoms with Crippen LogP contribution in [0.1, 0.15) is 27.2 Å². The van der Waals surface area contributed by atoms with Crippen LogP contribution in [-0.4, -0.2) is 10.5 Å². The Hall–Kier alpha value is -2.63. The van der Waals surface area contributed by atoms with Gasteiger partial charge in [-0.3, -0.25) is 4.79 Å². The first-order valence-corrected chi connectivity index (χ1v) is 10.5. The molecule has 3 nitrogen and oxygen atoms in total. The number of fused-ring (bicyclic) bond motifs is 1. The molecule has 0 aliphatic rings. The van der Waals surface area contributed by atoms with E-state index >= 15 is 0 Å². The molecular weight excluding hydrogens is 407 g/mol. The molecule has 4 aromatic rings. The molecule has 148 valence electrons. The van der Waals surface area contributed by atoms with E-state index in [9.17, 15) is 9.18 Å². The molecule has 2 heterocycles. The van der Waals surface area contributed by atoms with E-state index in [2.05, 4.69) is 11.5 Å². The number of carbonyl (C=O) groups excluding carboxylic acids is 1. The summed E-state index contributed by atoms with van der Waals surface area (Å²) in [6.07, 6.45) is 0.647. The largest absolute Gasteiger partial charge is 0.366 e. The fourth-order valence-electron chi connectivity index (χ4n) is 3.74. The van der Waals surface area contributed by atoms with Crippen LogP contribution in [0.4, 0.5) is 4.39 Å². The molecule has 1 amide bonds. The standard InChI is InChI=1S/C23H20ClFN2OS/c1-13-18-11-16(24)6-7-21(18)29-22(13)20-12-19(23(26)28)14(2)27(20)9-8-15-4-3-5-17(25)10-15/h3-7,10-12H,8-9H2,1-2H3,(H2,26,28). The van der Waals surface area contributed by atoms with Gasteiger partial charge in [0.1, 0.15) is 5.82 Å². The Morgan fingerprint density at radius 2 is 1.97 bits per heavy atom. The number of hydrogen-bond acceptors (Lipinski definition) is 2. The molecule has 2 aromatic heterocycles. The maximum Gasteiger partial charge on any atom is 0.250 e. The van der Waals surface area contributed by atoms with Crippen molar-refractivity contribution in [2.75, 3.05) is 0 Å². The number of carbonyl (C=O) groups is 1. The van der Waals surface area contributed by atoms with Crippen molar-refractivity contribution in [2.45, 2.75) is 26.8 Å². The third kappa shape index (κ3) is 3.68. The number of benzene rings is 2. The summed E-state index contributed by atoms with van der Waals surface area (Å²) in [6.45, 7) is 4.58. The summed E-state index contributed by atoms with van der Waals surface area (Å²) in [6, 6.07) is 14.3. The van der Waals surface area contributed by atoms with Gasteiger partial charge in [0, 0.05) is 22.0 Å². The highest BCUT2D eigenvalue weighted by atomic mass is 35.5. The molecule has 4 rings (SSSR count). The number of halogens is 2. The Labute approximate surface area is 177 Å². The Kier molecular flexibility index (Phi) is 5.19. The predicted octanol–water partition coefficient (Wildman–Crippen LogP) is 6.12. The molecule has 0 fully saturated rings. The van der Waals surface area contributed by atoms with Crippen molar-refractivity contribution in [1.29, 1.82) is 0 Å². The van der Waals surface area contributed by atoms with Crippen molar-refractivity contribution in [1.82, 2.24) is 4.57 Å². The Bertz CT molecular complexity index is 1240. The molecule has 0 spiro atoms. The third-order valence-corrected chi connectivity index (χ3v) is 6.81. The molecule has 0 bridgehead atoms. The maximum absolute atomic E-state index is 13.6. The van der Waals surface area contributed by atoms with Gasteiger partial charge >= 0.3 is 0 Å². The molecule has 2 aromatic carbocycles. The van der Waals surface area contributed by atoms with Crippen molar-refractivity contribution in [3.63, 3.8) is 0 Å². The van der Waals surface area contributed by atoms with Crippen LogP contribution in [0.15, 0.2) is 48.5 Å². The van der Waals surface area contributed by atoms with Gasteiger partial charge in [-0.15, -0.1) is 11.3 Å². The Balaban J connectivity index is 1.81. The number of thiophene rings is 1. The summed E-state index contributed by atoms with van der Waals surface area (Å²) < 4.78 is 16.8. The van der Waals surface area contributed by atoms with Crippen molar-refractivity contribution in [3.8, 4) is 10.6 Å². The Morgan fingerprint density at radius 1 is 1.17 bits per heavy atom. The molecular formula is C23H20ClFN2OS. The number of primary amides is 1. The molecule has 0 saturated carbocycles. The van der Waals surface area contributed by atoms with Gasteiger partial charge in [0.15, 0.2) is 0 Å². The number of aromatic nitrogens is 1. The lowest BCUT2D eigenvalue weighted by molar-refractivity contribution is 0.0999. The highest BCUT2D eigenvalue weighted by Gasteiger charge is 2.20. The van der Waals surface area contributed by atoms with E-state index in [0.717, 1.165) is 37.5 Å². The number of nitrogens with zero attached hydrogens (tertiary/aromatic N) is 1. The number of hydrogen-bond donors (Lipinski definition) is 1. The first-order chi connectivity index (χ1) is 13.8. The van der Waals surface area contributed by atoms with Crippen LogP contribution in [-0.2, 0) is 13.0 Å². The number of rotatable bonds is 5. The van der Waals surface area contributed by atoms with Gasteiger partial charge in [-0.05, 0) is 73.2 Å². The second-order valence-electron chi connectivity index (χ2n) is 7.12. The average Bonchev–Trinajstić information content (AvgIpc) is 3.17. The SMILES string of the molecule is Cc1c(-c2cc(C(N)=O)c(C)n2CCc2cccc(F)c2)sc2ccc(Cl)cc12. The van der Waals surface area contributed by atoms with E-state index in [0.29, 0.717) is 23.6 Å². The van der Waals surface area contributed by atoms with Gasteiger partial charge in [-0.1, -0.05) is 23.7 Å². The monoisotopic (exact) mass is 426 g/mol. The summed E-state index contributed by atoms with van der Waals surface area (Å²) in [5.41, 5.74) is 9.92. The van der Waals surface area contributed by atoms with E-state index in [1.165, 1.54) is 6.07 Å². The highest BCUT2D eigenvalue weighted by Crippen LogP contribution is 2.40. The van der Waals surface area contributed by atoms with Crippen molar-refractivity contribution in [2.24, 2.45) is 5.73 Å². The third-order valence-electron chi connectivity index (χ3n) is 5.28. The van der Waals surface area contributed by atoms with E-state index in [1.807, 2.05) is 37.3 Å². The van der Waals surface area contributed by atoms with Crippen LogP contribution >= 0.6 is 22.9 Å². The molecule has 0 radical (unpaired) electrons. The van der Waals surface area contributed by atoms with Crippen LogP contribution in [0.2, 0.25) is 5.02 Å². The zero-order chi connectivity index (χ0) is 20.7. The lowest BCUT2D eigenvalue weighted by atomic mass is 10.1. The quantitative estimate of drug-likeness (QED) is 0.410. The molecule has 0 aliphatic heterocycles. The maximum atomic E-state index is 13.6. The van der Waals surface area contributed by atoms with E-state index in [4.69, 9.17) is 17.3 Å². The van der Waals surface area contributed by atoms with Gasteiger partial charge in [0.2, 0.25) is 0 Å². The van der Waals surface area contributed by atoms with Crippen molar-refractivity contribution in [3.05, 3.63) is 81.8 Å². The topological polar surface area (TPSA) is 48.0 Å². The molecule has 2 N–H and O–H groups in total. The van der Waals surface area contributed by atoms with Crippen molar-refractivity contribution >= 4 is 38.9 Å². The number of nitrogens with two attached hydrogens (primary N) is 1. The van der Waals surface area contributed by atoms with Crippen LogP contribution in [0.5, 0.6) is 0 Å². The van der Waals surface area contributed by atoms with E-state index < -0.39 is 5.91 Å². The lowest BCUT2D eigenvalue weighted by Crippen LogP contribution is -2.13. The zero-order valence-electron chi connectivity index (χ0n) is 16.1. The fraction of sp³-hybridized carbons (Fsp3) is 0.174. The second kappa shape index (κ2) is 7.65. The van der Waals surface area contributed by atoms with Crippen LogP contribution < -0.4 is 5.73 Å². The minimum atomic E-state index is -0.449. The Morgan fingerprint density at radius 3 is 2.69 bits per heavy atom. The van der Waals surface area contributed by atoms with Gasteiger partial charge < -0.3 is 10.3 Å². The van der Waals surface area contributed by atoms with Gasteiger partial charge in [-0.25, -0.2) is 4.39 Å². The minimum absolute atomic E-state index is 0.248. The summed E-state index contributed by atoms with van der Waals surface area (Å²) >= 11 is 7.85. The molecule has 29 heavy (non-hydrogen) atoms. The predicted molar refractivity (Wildman–Crippen MR) is 118 cm³/mol. The normalized spacial score (nSPS) is 11.3. The van der Waals surface area contributed by atoms with Gasteiger partial charge in [0.25, 0.3) is 5.91 Å². The van der Waals surface area contributed by atoms with E-state index in [1.54, 1.807) is 23.5 Å². The second-order valence-corrected chi connectivity index (χ2v) is 8.61. The van der Waals surface area contributed by atoms with Crippen molar-refractivity contribution < 1.29 is 9.18 Å². The first-order valence-electron chi connectivity index (χ1n) is 9.28. The fourth-order valence-corrected chi connectivity index (χ4v) is 5.13. The number of aryl methyl sites for hydroxylation is 2. The molecule has 6 heteroatoms. The van der Waals surface area contributed by atoms with E-state index in [-0.39, 0.29) is 5.82 Å². The van der Waals surface area contributed by atoms with Gasteiger partial charge in [0.05, 0.1) is 16.1 Å². The van der Waals surface area contributed by atoms with Crippen LogP contribution in [0.3, 0.4) is 0 Å². The molecule has 0 aliphatic carbocycles. The molecule has 0 saturated heterocycles. The summed E-state index contributed by atoms with van der Waals surface area (Å²) in [5, 5.41) is 1.80. The summed E-state index contributed by atoms with van der Waals surface area (Å²) in [7, 11) is 0. The van der Waals surface area contributed by atoms with Crippen LogP contribution in [0.25, 0.3) is 20.7 Å². The zero-order valence-corrected chi connectivity index (χ0v) is 17.7. The molecule has 0 atom stereocenters. The van der Waals surface area contributed by atoms with Crippen LogP contribution in [0, 0.1) is 19.7 Å². The van der Waals surface area contributed by atoms with Gasteiger partial charge in [-0.2, -0.15) is 0 Å². The molecule has 0 unspecified atom stereocenters. The number of amides is 1. The summed E-state index contributed by atoms with van der Waals surface area (Å²) in [4.78, 5) is 13.1. The lowest BCUT2D eigenvalue weighted by Gasteiger charge is -2.12. The first kappa shape index (κ1) is 19.7. The smallest absolute Gasteiger partial charge is 0.250 e. The summed E-state index contributed by atoms with van der Waals surface area (Å²) in [5.74, 6) is -0.697. The highest BCUT2D eigenvalue weighted by molar-refractivity contribution is 7.22. The average molecular weight is 427 g/mol. The minimum Gasteiger partial charge on any atom is -0.366 e.